The number of furan rings is 1. The Hall–Kier alpha value is -3.96. The zero-order valence-corrected chi connectivity index (χ0v) is 15.6. The van der Waals surface area contributed by atoms with Crippen molar-refractivity contribution in [2.75, 3.05) is 18.9 Å². The number of hydrogen-bond acceptors (Lipinski definition) is 6. The van der Waals surface area contributed by atoms with Gasteiger partial charge in [0.15, 0.2) is 0 Å². The maximum absolute atomic E-state index is 12.5. The van der Waals surface area contributed by atoms with Gasteiger partial charge < -0.3 is 14.7 Å². The molecular formula is C21H17N5O3. The molecule has 0 aliphatic heterocycles. The molecule has 29 heavy (non-hydrogen) atoms. The summed E-state index contributed by atoms with van der Waals surface area (Å²) in [5.41, 5.74) is 1.28. The van der Waals surface area contributed by atoms with Gasteiger partial charge >= 0.3 is 0 Å². The van der Waals surface area contributed by atoms with E-state index in [1.165, 1.54) is 0 Å². The van der Waals surface area contributed by atoms with Gasteiger partial charge in [0, 0.05) is 5.39 Å². The maximum Gasteiger partial charge on any atom is 0.258 e. The molecule has 144 valence electrons. The van der Waals surface area contributed by atoms with Crippen molar-refractivity contribution >= 4 is 33.5 Å². The minimum Gasteiger partial charge on any atom is -0.443 e. The van der Waals surface area contributed by atoms with Gasteiger partial charge in [-0.15, -0.1) is 0 Å². The Balaban J connectivity index is 1.48. The quantitative estimate of drug-likeness (QED) is 0.544. The fourth-order valence-electron chi connectivity index (χ4n) is 3.19. The molecular weight excluding hydrogens is 370 g/mol. The number of aromatic amines is 1. The van der Waals surface area contributed by atoms with Crippen LogP contribution in [0.5, 0.6) is 0 Å². The second-order valence-electron chi connectivity index (χ2n) is 6.66. The fourth-order valence-corrected chi connectivity index (χ4v) is 3.19. The van der Waals surface area contributed by atoms with Crippen LogP contribution in [0.15, 0.2) is 57.7 Å². The molecule has 0 atom stereocenters. The van der Waals surface area contributed by atoms with Gasteiger partial charge in [0.05, 0.1) is 24.0 Å². The highest BCUT2D eigenvalue weighted by molar-refractivity contribution is 6.03. The Kier molecular flexibility index (Phi) is 4.81. The number of benzene rings is 2. The average molecular weight is 387 g/mol. The zero-order chi connectivity index (χ0) is 20.4. The summed E-state index contributed by atoms with van der Waals surface area (Å²) < 4.78 is 5.46. The third-order valence-electron chi connectivity index (χ3n) is 4.46. The molecule has 0 radical (unpaired) electrons. The summed E-state index contributed by atoms with van der Waals surface area (Å²) in [4.78, 5) is 33.6. The van der Waals surface area contributed by atoms with Gasteiger partial charge in [-0.1, -0.05) is 24.3 Å². The van der Waals surface area contributed by atoms with Crippen LogP contribution in [0.4, 0.5) is 5.69 Å². The van der Waals surface area contributed by atoms with Crippen molar-refractivity contribution in [3.63, 3.8) is 0 Å². The molecule has 0 saturated heterocycles. The SMILES string of the molecule is CN(CC(=O)Nc1c(C#N)oc2ccccc12)Cc1nc2ccccc2c(=O)[nH]1. The number of H-pyrrole nitrogens is 1. The van der Waals surface area contributed by atoms with Crippen LogP contribution in [0.2, 0.25) is 0 Å². The molecule has 0 spiro atoms. The van der Waals surface area contributed by atoms with E-state index in [2.05, 4.69) is 15.3 Å². The number of fused-ring (bicyclic) bond motifs is 2. The number of rotatable bonds is 5. The summed E-state index contributed by atoms with van der Waals surface area (Å²) in [7, 11) is 1.74. The predicted molar refractivity (Wildman–Crippen MR) is 108 cm³/mol. The molecule has 8 nitrogen and oxygen atoms in total. The molecule has 8 heteroatoms. The molecule has 2 heterocycles. The van der Waals surface area contributed by atoms with Crippen molar-refractivity contribution in [2.45, 2.75) is 6.54 Å². The molecule has 2 aromatic heterocycles. The Morgan fingerprint density at radius 3 is 2.72 bits per heavy atom. The Bertz CT molecular complexity index is 1320. The number of para-hydroxylation sites is 2. The summed E-state index contributed by atoms with van der Waals surface area (Å²) in [6.45, 7) is 0.325. The smallest absolute Gasteiger partial charge is 0.258 e. The van der Waals surface area contributed by atoms with Crippen molar-refractivity contribution < 1.29 is 9.21 Å². The van der Waals surface area contributed by atoms with Crippen LogP contribution in [-0.2, 0) is 11.3 Å². The molecule has 0 saturated carbocycles. The third kappa shape index (κ3) is 3.72. The first kappa shape index (κ1) is 18.4. The standard InChI is InChI=1S/C21H17N5O3/c1-26(11-18-23-15-8-4-2-6-13(15)21(28)24-18)12-19(27)25-20-14-7-3-5-9-16(14)29-17(20)10-22/h2-9H,11-12H2,1H3,(H,25,27)(H,23,24,28). The molecule has 0 bridgehead atoms. The van der Waals surface area contributed by atoms with Crippen LogP contribution in [0.1, 0.15) is 11.6 Å². The molecule has 2 aromatic carbocycles. The Labute approximate surface area is 165 Å². The van der Waals surface area contributed by atoms with E-state index in [4.69, 9.17) is 4.42 Å². The largest absolute Gasteiger partial charge is 0.443 e. The second-order valence-corrected chi connectivity index (χ2v) is 6.66. The highest BCUT2D eigenvalue weighted by Gasteiger charge is 2.17. The number of hydrogen-bond donors (Lipinski definition) is 2. The van der Waals surface area contributed by atoms with Crippen molar-refractivity contribution in [3.8, 4) is 6.07 Å². The minimum absolute atomic E-state index is 0.0426. The molecule has 2 N–H and O–H groups in total. The van der Waals surface area contributed by atoms with Crippen LogP contribution >= 0.6 is 0 Å². The minimum atomic E-state index is -0.307. The van der Waals surface area contributed by atoms with Crippen LogP contribution in [0.3, 0.4) is 0 Å². The fraction of sp³-hybridized carbons (Fsp3) is 0.143. The van der Waals surface area contributed by atoms with Gasteiger partial charge in [-0.05, 0) is 31.3 Å². The van der Waals surface area contributed by atoms with Crippen LogP contribution in [0.25, 0.3) is 21.9 Å². The van der Waals surface area contributed by atoms with Gasteiger partial charge in [-0.3, -0.25) is 14.5 Å². The van der Waals surface area contributed by atoms with Crippen molar-refractivity contribution in [1.29, 1.82) is 5.26 Å². The number of carbonyl (C=O) groups is 1. The predicted octanol–water partition coefficient (Wildman–Crippen LogP) is 2.61. The molecule has 4 rings (SSSR count). The maximum atomic E-state index is 12.5. The number of nitrogens with zero attached hydrogens (tertiary/aromatic N) is 3. The van der Waals surface area contributed by atoms with Crippen LogP contribution in [-0.4, -0.2) is 34.4 Å². The number of amides is 1. The summed E-state index contributed by atoms with van der Waals surface area (Å²) in [6, 6.07) is 16.2. The molecule has 0 fully saturated rings. The number of nitrogens with one attached hydrogen (secondary N) is 2. The van der Waals surface area contributed by atoms with Crippen LogP contribution < -0.4 is 10.9 Å². The van der Waals surface area contributed by atoms with Gasteiger partial charge in [-0.25, -0.2) is 4.98 Å². The zero-order valence-electron chi connectivity index (χ0n) is 15.6. The highest BCUT2D eigenvalue weighted by atomic mass is 16.3. The lowest BCUT2D eigenvalue weighted by atomic mass is 10.2. The number of nitriles is 1. The van der Waals surface area contributed by atoms with E-state index in [1.54, 1.807) is 48.3 Å². The van der Waals surface area contributed by atoms with E-state index in [-0.39, 0.29) is 30.3 Å². The highest BCUT2D eigenvalue weighted by Crippen LogP contribution is 2.30. The van der Waals surface area contributed by atoms with E-state index in [9.17, 15) is 14.9 Å². The second kappa shape index (κ2) is 7.58. The van der Waals surface area contributed by atoms with Crippen LogP contribution in [0, 0.1) is 11.3 Å². The first-order valence-corrected chi connectivity index (χ1v) is 8.93. The molecule has 4 aromatic rings. The van der Waals surface area contributed by atoms with E-state index in [1.807, 2.05) is 18.2 Å². The van der Waals surface area contributed by atoms with Crippen molar-refractivity contribution in [2.24, 2.45) is 0 Å². The monoisotopic (exact) mass is 387 g/mol. The summed E-state index contributed by atoms with van der Waals surface area (Å²) in [6.07, 6.45) is 0. The molecule has 0 aliphatic rings. The van der Waals surface area contributed by atoms with Crippen molar-refractivity contribution in [3.05, 3.63) is 70.5 Å². The molecule has 1 amide bonds. The number of aromatic nitrogens is 2. The third-order valence-corrected chi connectivity index (χ3v) is 4.46. The Morgan fingerprint density at radius 1 is 1.21 bits per heavy atom. The van der Waals surface area contributed by atoms with Gasteiger partial charge in [0.1, 0.15) is 23.2 Å². The normalized spacial score (nSPS) is 11.1. The lowest BCUT2D eigenvalue weighted by Gasteiger charge is -2.15. The van der Waals surface area contributed by atoms with E-state index < -0.39 is 0 Å². The average Bonchev–Trinajstić information content (AvgIpc) is 3.05. The molecule has 0 aliphatic carbocycles. The summed E-state index contributed by atoms with van der Waals surface area (Å²) >= 11 is 0. The summed E-state index contributed by atoms with van der Waals surface area (Å²) in [5, 5.41) is 13.2. The first-order valence-electron chi connectivity index (χ1n) is 8.93. The van der Waals surface area contributed by atoms with E-state index in [0.717, 1.165) is 0 Å². The molecule has 0 unspecified atom stereocenters. The lowest BCUT2D eigenvalue weighted by molar-refractivity contribution is -0.117. The van der Waals surface area contributed by atoms with Gasteiger partial charge in [0.25, 0.3) is 5.56 Å². The number of carbonyl (C=O) groups excluding carboxylic acids is 1. The van der Waals surface area contributed by atoms with Crippen molar-refractivity contribution in [1.82, 2.24) is 14.9 Å². The lowest BCUT2D eigenvalue weighted by Crippen LogP contribution is -2.31. The van der Waals surface area contributed by atoms with Gasteiger partial charge in [0.2, 0.25) is 11.7 Å². The topological polar surface area (TPSA) is 115 Å². The Morgan fingerprint density at radius 2 is 1.93 bits per heavy atom. The number of likely N-dealkylation sites (N-methyl/N-ethyl adjacent to an activating group) is 1. The van der Waals surface area contributed by atoms with E-state index >= 15 is 0 Å². The summed E-state index contributed by atoms with van der Waals surface area (Å²) in [5.74, 6) is 0.219. The van der Waals surface area contributed by atoms with Gasteiger partial charge in [-0.2, -0.15) is 5.26 Å². The number of anilines is 1. The first-order chi connectivity index (χ1) is 14.0. The van der Waals surface area contributed by atoms with E-state index in [0.29, 0.717) is 33.4 Å².